The number of alkyl halides is 2. The predicted molar refractivity (Wildman–Crippen MR) is 79.2 cm³/mol. The fraction of sp³-hybridized carbons (Fsp3) is 0.200. The summed E-state index contributed by atoms with van der Waals surface area (Å²) in [6.07, 6.45) is 0. The van der Waals surface area contributed by atoms with E-state index in [2.05, 4.69) is 4.74 Å². The van der Waals surface area contributed by atoms with Crippen molar-refractivity contribution in [3.8, 4) is 0 Å². The number of halogens is 2. The Labute approximate surface area is 126 Å². The van der Waals surface area contributed by atoms with Crippen molar-refractivity contribution in [2.75, 3.05) is 7.11 Å². The molecule has 5 heteroatoms. The van der Waals surface area contributed by atoms with Gasteiger partial charge < -0.3 is 4.74 Å². The van der Waals surface area contributed by atoms with Crippen molar-refractivity contribution in [1.82, 2.24) is 0 Å². The van der Waals surface area contributed by atoms with Gasteiger partial charge in [-0.25, -0.2) is 4.79 Å². The Kier molecular flexibility index (Phi) is 4.63. The van der Waals surface area contributed by atoms with Gasteiger partial charge in [-0.1, -0.05) is 36.4 Å². The molecule has 0 N–H and O–H groups in total. The van der Waals surface area contributed by atoms with Crippen molar-refractivity contribution in [1.29, 1.82) is 0 Å². The van der Waals surface area contributed by atoms with Crippen LogP contribution in [0.15, 0.2) is 42.5 Å². The molecule has 2 aromatic rings. The number of benzene rings is 2. The molecule has 0 radical (unpaired) electrons. The fourth-order valence-corrected chi connectivity index (χ4v) is 2.38. The minimum atomic E-state index is -1.16. The number of rotatable bonds is 4. The maximum atomic E-state index is 11.7. The highest BCUT2D eigenvalue weighted by Crippen LogP contribution is 2.31. The largest absolute Gasteiger partial charge is 0.463 e. The van der Waals surface area contributed by atoms with Crippen LogP contribution in [0.3, 0.4) is 0 Å². The number of fused-ring (bicyclic) bond motifs is 1. The zero-order valence-electron chi connectivity index (χ0n) is 10.7. The van der Waals surface area contributed by atoms with Gasteiger partial charge in [0, 0.05) is 0 Å². The van der Waals surface area contributed by atoms with Gasteiger partial charge in [0.1, 0.15) is 5.38 Å². The van der Waals surface area contributed by atoms with Gasteiger partial charge >= 0.3 is 5.97 Å². The van der Waals surface area contributed by atoms with E-state index < -0.39 is 22.5 Å². The van der Waals surface area contributed by atoms with E-state index in [1.165, 1.54) is 0 Å². The third-order valence-electron chi connectivity index (χ3n) is 2.99. The third-order valence-corrected chi connectivity index (χ3v) is 4.07. The lowest BCUT2D eigenvalue weighted by Gasteiger charge is -2.15. The van der Waals surface area contributed by atoms with Gasteiger partial charge in [-0.2, -0.15) is 0 Å². The fourth-order valence-electron chi connectivity index (χ4n) is 1.89. The van der Waals surface area contributed by atoms with Gasteiger partial charge in [0.15, 0.2) is 0 Å². The molecule has 0 aliphatic heterocycles. The molecule has 0 aromatic heterocycles. The lowest BCUT2D eigenvalue weighted by atomic mass is 10.0. The zero-order valence-corrected chi connectivity index (χ0v) is 12.2. The zero-order chi connectivity index (χ0) is 14.7. The SMILES string of the molecule is COC(=O)C(=O)[C@@H](Cl)[C@@H](Cl)c1ccc2ccccc2c1. The molecule has 3 nitrogen and oxygen atoms in total. The molecule has 2 atom stereocenters. The summed E-state index contributed by atoms with van der Waals surface area (Å²) < 4.78 is 4.36. The van der Waals surface area contributed by atoms with Crippen molar-refractivity contribution >= 4 is 45.7 Å². The first-order valence-electron chi connectivity index (χ1n) is 5.93. The molecular weight excluding hydrogens is 299 g/mol. The van der Waals surface area contributed by atoms with E-state index >= 15 is 0 Å². The monoisotopic (exact) mass is 310 g/mol. The molecule has 2 aromatic carbocycles. The predicted octanol–water partition coefficient (Wildman–Crippen LogP) is 3.47. The number of methoxy groups -OCH3 is 1. The number of esters is 1. The van der Waals surface area contributed by atoms with E-state index in [1.54, 1.807) is 6.07 Å². The average molecular weight is 311 g/mol. The second-order valence-corrected chi connectivity index (χ2v) is 5.21. The number of ether oxygens (including phenoxy) is 1. The number of hydrogen-bond acceptors (Lipinski definition) is 3. The Hall–Kier alpha value is -1.58. The van der Waals surface area contributed by atoms with Crippen LogP contribution in [-0.4, -0.2) is 24.2 Å². The Morgan fingerprint density at radius 3 is 2.35 bits per heavy atom. The highest BCUT2D eigenvalue weighted by molar-refractivity contribution is 6.50. The van der Waals surface area contributed by atoms with Gasteiger partial charge in [0.25, 0.3) is 5.78 Å². The Morgan fingerprint density at radius 2 is 1.70 bits per heavy atom. The summed E-state index contributed by atoms with van der Waals surface area (Å²) in [5.41, 5.74) is 0.683. The number of carbonyl (C=O) groups excluding carboxylic acids is 2. The second kappa shape index (κ2) is 6.25. The summed E-state index contributed by atoms with van der Waals surface area (Å²) in [4.78, 5) is 22.8. The van der Waals surface area contributed by atoms with E-state index in [1.807, 2.05) is 36.4 Å². The van der Waals surface area contributed by atoms with Crippen LogP contribution in [0.5, 0.6) is 0 Å². The van der Waals surface area contributed by atoms with Crippen LogP contribution in [0, 0.1) is 0 Å². The van der Waals surface area contributed by atoms with Crippen LogP contribution >= 0.6 is 23.2 Å². The molecule has 0 saturated carbocycles. The molecular formula is C15H12Cl2O3. The number of Topliss-reactive ketones (excluding diaryl/α,β-unsaturated/α-hetero) is 1. The van der Waals surface area contributed by atoms with Crippen LogP contribution in [-0.2, 0) is 14.3 Å². The summed E-state index contributed by atoms with van der Waals surface area (Å²) >= 11 is 12.2. The van der Waals surface area contributed by atoms with Gasteiger partial charge in [-0.05, 0) is 22.4 Å². The molecule has 0 unspecified atom stereocenters. The summed E-state index contributed by atoms with van der Waals surface area (Å²) in [6, 6.07) is 13.3. The van der Waals surface area contributed by atoms with Crippen LogP contribution in [0.1, 0.15) is 10.9 Å². The highest BCUT2D eigenvalue weighted by Gasteiger charge is 2.31. The smallest absolute Gasteiger partial charge is 0.376 e. The van der Waals surface area contributed by atoms with Crippen LogP contribution in [0.4, 0.5) is 0 Å². The van der Waals surface area contributed by atoms with Gasteiger partial charge in [-0.15, -0.1) is 23.2 Å². The first-order chi connectivity index (χ1) is 9.54. The maximum Gasteiger partial charge on any atom is 0.376 e. The lowest BCUT2D eigenvalue weighted by molar-refractivity contribution is -0.151. The molecule has 0 heterocycles. The van der Waals surface area contributed by atoms with Crippen molar-refractivity contribution in [2.45, 2.75) is 10.8 Å². The van der Waals surface area contributed by atoms with E-state index in [0.29, 0.717) is 5.56 Å². The number of ketones is 1. The minimum absolute atomic E-state index is 0.683. The number of carbonyl (C=O) groups is 2. The molecule has 104 valence electrons. The number of hydrogen-bond donors (Lipinski definition) is 0. The summed E-state index contributed by atoms with van der Waals surface area (Å²) in [5, 5.41) is 0.0914. The van der Waals surface area contributed by atoms with Crippen molar-refractivity contribution in [3.05, 3.63) is 48.0 Å². The molecule has 20 heavy (non-hydrogen) atoms. The van der Waals surface area contributed by atoms with Gasteiger partial charge in [0.05, 0.1) is 12.5 Å². The normalized spacial score (nSPS) is 13.8. The van der Waals surface area contributed by atoms with Gasteiger partial charge in [-0.3, -0.25) is 4.79 Å². The van der Waals surface area contributed by atoms with E-state index in [9.17, 15) is 9.59 Å². The topological polar surface area (TPSA) is 43.4 Å². The molecule has 0 aliphatic carbocycles. The Bertz CT molecular complexity index is 654. The molecule has 0 fully saturated rings. The van der Waals surface area contributed by atoms with Crippen LogP contribution < -0.4 is 0 Å². The van der Waals surface area contributed by atoms with E-state index in [0.717, 1.165) is 17.9 Å². The quantitative estimate of drug-likeness (QED) is 0.493. The average Bonchev–Trinajstić information content (AvgIpc) is 2.51. The minimum Gasteiger partial charge on any atom is -0.463 e. The molecule has 0 spiro atoms. The Morgan fingerprint density at radius 1 is 1.05 bits per heavy atom. The molecule has 0 amide bonds. The van der Waals surface area contributed by atoms with Gasteiger partial charge in [0.2, 0.25) is 0 Å². The van der Waals surface area contributed by atoms with E-state index in [4.69, 9.17) is 23.2 Å². The molecule has 0 aliphatic rings. The molecule has 0 bridgehead atoms. The van der Waals surface area contributed by atoms with Crippen molar-refractivity contribution in [2.24, 2.45) is 0 Å². The molecule has 0 saturated heterocycles. The standard InChI is InChI=1S/C15H12Cl2O3/c1-20-15(19)14(18)13(17)12(16)11-7-6-9-4-2-3-5-10(9)8-11/h2-8,12-13H,1H3/t12-,13-/m0/s1. The van der Waals surface area contributed by atoms with Crippen LogP contribution in [0.2, 0.25) is 0 Å². The summed E-state index contributed by atoms with van der Waals surface area (Å²) in [5.74, 6) is -1.83. The highest BCUT2D eigenvalue weighted by atomic mass is 35.5. The van der Waals surface area contributed by atoms with E-state index in [-0.39, 0.29) is 0 Å². The first kappa shape index (κ1) is 14.8. The van der Waals surface area contributed by atoms with Crippen molar-refractivity contribution < 1.29 is 14.3 Å². The Balaban J connectivity index is 2.28. The second-order valence-electron chi connectivity index (χ2n) is 4.27. The summed E-state index contributed by atoms with van der Waals surface area (Å²) in [7, 11) is 1.13. The lowest BCUT2D eigenvalue weighted by Crippen LogP contribution is -2.28. The molecule has 2 rings (SSSR count). The first-order valence-corrected chi connectivity index (χ1v) is 6.81. The summed E-state index contributed by atoms with van der Waals surface area (Å²) in [6.45, 7) is 0. The maximum absolute atomic E-state index is 11.7. The third kappa shape index (κ3) is 2.94. The van der Waals surface area contributed by atoms with Crippen LogP contribution in [0.25, 0.3) is 10.8 Å². The van der Waals surface area contributed by atoms with Crippen molar-refractivity contribution in [3.63, 3.8) is 0 Å².